The molecule has 1 aliphatic heterocycles. The Bertz CT molecular complexity index is 746. The normalized spacial score (nSPS) is 23.5. The van der Waals surface area contributed by atoms with Crippen molar-refractivity contribution in [2.24, 2.45) is 7.05 Å². The monoisotopic (exact) mass is 365 g/mol. The van der Waals surface area contributed by atoms with Crippen LogP contribution in [0, 0.1) is 13.8 Å². The Morgan fingerprint density at radius 2 is 2.12 bits per heavy atom. The van der Waals surface area contributed by atoms with Crippen molar-refractivity contribution in [3.05, 3.63) is 45.6 Å². The van der Waals surface area contributed by atoms with Gasteiger partial charge in [-0.25, -0.2) is 0 Å². The fourth-order valence-corrected chi connectivity index (χ4v) is 5.39. The van der Waals surface area contributed by atoms with Gasteiger partial charge in [0.15, 0.2) is 0 Å². The van der Waals surface area contributed by atoms with Crippen LogP contribution in [0.25, 0.3) is 0 Å². The number of aliphatic hydroxyl groups is 1. The molecule has 1 aromatic heterocycles. The molecule has 24 heavy (non-hydrogen) atoms. The Morgan fingerprint density at radius 3 is 2.79 bits per heavy atom. The molecule has 4 nitrogen and oxygen atoms in total. The van der Waals surface area contributed by atoms with E-state index in [0.29, 0.717) is 5.25 Å². The predicted molar refractivity (Wildman–Crippen MR) is 102 cm³/mol. The lowest BCUT2D eigenvalue weighted by molar-refractivity contribution is 0.284. The van der Waals surface area contributed by atoms with E-state index in [4.69, 9.17) is 11.6 Å². The molecular formula is C18H24ClN3OS. The van der Waals surface area contributed by atoms with Crippen LogP contribution in [-0.4, -0.2) is 32.8 Å². The molecular weight excluding hydrogens is 342 g/mol. The molecule has 3 atom stereocenters. The molecule has 0 bridgehead atoms. The topological polar surface area (TPSA) is 50.1 Å². The number of thioether (sulfide) groups is 1. The van der Waals surface area contributed by atoms with Crippen LogP contribution in [0.1, 0.15) is 41.0 Å². The van der Waals surface area contributed by atoms with Crippen molar-refractivity contribution in [2.45, 2.75) is 43.7 Å². The van der Waals surface area contributed by atoms with Gasteiger partial charge in [0, 0.05) is 35.5 Å². The van der Waals surface area contributed by atoms with Gasteiger partial charge in [-0.05, 0) is 50.5 Å². The zero-order chi connectivity index (χ0) is 17.4. The molecule has 1 aliphatic rings. The first kappa shape index (κ1) is 17.6. The second-order valence-electron chi connectivity index (χ2n) is 6.47. The summed E-state index contributed by atoms with van der Waals surface area (Å²) in [7, 11) is 1.98. The average molecular weight is 366 g/mol. The van der Waals surface area contributed by atoms with Gasteiger partial charge in [0.2, 0.25) is 0 Å². The number of aryl methyl sites for hydroxylation is 3. The van der Waals surface area contributed by atoms with E-state index in [0.717, 1.165) is 23.0 Å². The van der Waals surface area contributed by atoms with E-state index in [1.54, 1.807) is 0 Å². The lowest BCUT2D eigenvalue weighted by atomic mass is 9.99. The summed E-state index contributed by atoms with van der Waals surface area (Å²) in [4.78, 5) is 0. The molecule has 130 valence electrons. The molecule has 0 amide bonds. The van der Waals surface area contributed by atoms with E-state index >= 15 is 0 Å². The van der Waals surface area contributed by atoms with E-state index in [1.165, 1.54) is 16.7 Å². The highest BCUT2D eigenvalue weighted by Gasteiger charge is 2.34. The predicted octanol–water partition coefficient (Wildman–Crippen LogP) is 4.08. The maximum atomic E-state index is 9.48. The number of anilines is 1. The fourth-order valence-electron chi connectivity index (χ4n) is 3.44. The number of nitrogens with one attached hydrogen (secondary N) is 1. The Kier molecular flexibility index (Phi) is 5.13. The van der Waals surface area contributed by atoms with Gasteiger partial charge in [-0.2, -0.15) is 5.10 Å². The number of nitrogens with zero attached hydrogens (tertiary/aromatic N) is 2. The molecule has 0 saturated heterocycles. The summed E-state index contributed by atoms with van der Waals surface area (Å²) < 4.78 is 1.93. The Hall–Kier alpha value is -1.17. The molecule has 2 heterocycles. The summed E-state index contributed by atoms with van der Waals surface area (Å²) in [5.74, 6) is 1.08. The number of aromatic nitrogens is 2. The maximum absolute atomic E-state index is 9.48. The van der Waals surface area contributed by atoms with Gasteiger partial charge in [0.05, 0.1) is 10.9 Å². The first-order chi connectivity index (χ1) is 11.4. The fraction of sp³-hybridized carbons (Fsp3) is 0.500. The first-order valence-electron chi connectivity index (χ1n) is 8.24. The highest BCUT2D eigenvalue weighted by Crippen LogP contribution is 2.48. The molecule has 0 fully saturated rings. The minimum absolute atomic E-state index is 0.181. The van der Waals surface area contributed by atoms with Crippen molar-refractivity contribution < 1.29 is 5.11 Å². The van der Waals surface area contributed by atoms with Crippen LogP contribution in [0.3, 0.4) is 0 Å². The van der Waals surface area contributed by atoms with Crippen molar-refractivity contribution in [3.8, 4) is 0 Å². The van der Waals surface area contributed by atoms with E-state index < -0.39 is 0 Å². The summed E-state index contributed by atoms with van der Waals surface area (Å²) in [5, 5.41) is 19.0. The second-order valence-corrected chi connectivity index (χ2v) is 8.26. The smallest absolute Gasteiger partial charge is 0.129 e. The number of fused-ring (bicyclic) bond motifs is 1. The number of aliphatic hydroxyl groups excluding tert-OH is 1. The molecule has 0 unspecified atom stereocenters. The molecule has 6 heteroatoms. The minimum Gasteiger partial charge on any atom is -0.396 e. The number of hydrogen-bond donors (Lipinski definition) is 2. The Balaban J connectivity index is 2.14. The van der Waals surface area contributed by atoms with Crippen molar-refractivity contribution in [1.29, 1.82) is 0 Å². The SMILES string of the molecule is Cc1cc(Cl)ccc1[C@H]1S[C@H](CCO)[C@H](C)Nc2c1c(C)nn2C. The largest absolute Gasteiger partial charge is 0.396 e. The first-order valence-corrected chi connectivity index (χ1v) is 9.56. The second kappa shape index (κ2) is 6.98. The quantitative estimate of drug-likeness (QED) is 0.860. The zero-order valence-corrected chi connectivity index (χ0v) is 16.1. The minimum atomic E-state index is 0.181. The summed E-state index contributed by atoms with van der Waals surface area (Å²) >= 11 is 8.07. The molecule has 0 aliphatic carbocycles. The summed E-state index contributed by atoms with van der Waals surface area (Å²) in [6.07, 6.45) is 0.766. The third-order valence-electron chi connectivity index (χ3n) is 4.69. The highest BCUT2D eigenvalue weighted by atomic mass is 35.5. The lowest BCUT2D eigenvalue weighted by Crippen LogP contribution is -2.29. The summed E-state index contributed by atoms with van der Waals surface area (Å²) in [6, 6.07) is 6.36. The lowest BCUT2D eigenvalue weighted by Gasteiger charge is -2.25. The summed E-state index contributed by atoms with van der Waals surface area (Å²) in [5.41, 5.74) is 4.73. The third kappa shape index (κ3) is 3.17. The number of hydrogen-bond acceptors (Lipinski definition) is 4. The van der Waals surface area contributed by atoms with E-state index in [2.05, 4.69) is 37.3 Å². The Morgan fingerprint density at radius 1 is 1.38 bits per heavy atom. The van der Waals surface area contributed by atoms with Gasteiger partial charge in [-0.3, -0.25) is 4.68 Å². The summed E-state index contributed by atoms with van der Waals surface area (Å²) in [6.45, 7) is 6.55. The van der Waals surface area contributed by atoms with Crippen molar-refractivity contribution in [3.63, 3.8) is 0 Å². The van der Waals surface area contributed by atoms with Crippen LogP contribution < -0.4 is 5.32 Å². The maximum Gasteiger partial charge on any atom is 0.129 e. The Labute approximate surface area is 152 Å². The molecule has 2 aromatic rings. The molecule has 0 saturated carbocycles. The van der Waals surface area contributed by atoms with Crippen molar-refractivity contribution >= 4 is 29.2 Å². The van der Waals surface area contributed by atoms with E-state index in [9.17, 15) is 5.11 Å². The number of rotatable bonds is 3. The highest BCUT2D eigenvalue weighted by molar-refractivity contribution is 8.00. The molecule has 1 aromatic carbocycles. The van der Waals surface area contributed by atoms with Crippen LogP contribution in [0.15, 0.2) is 18.2 Å². The van der Waals surface area contributed by atoms with Crippen LogP contribution in [0.4, 0.5) is 5.82 Å². The van der Waals surface area contributed by atoms with Crippen molar-refractivity contribution in [2.75, 3.05) is 11.9 Å². The molecule has 2 N–H and O–H groups in total. The number of benzene rings is 1. The number of halogens is 1. The van der Waals surface area contributed by atoms with Crippen LogP contribution in [-0.2, 0) is 7.05 Å². The van der Waals surface area contributed by atoms with Gasteiger partial charge >= 0.3 is 0 Å². The van der Waals surface area contributed by atoms with E-state index in [-0.39, 0.29) is 17.9 Å². The van der Waals surface area contributed by atoms with Crippen molar-refractivity contribution in [1.82, 2.24) is 9.78 Å². The van der Waals surface area contributed by atoms with Crippen LogP contribution in [0.2, 0.25) is 5.02 Å². The van der Waals surface area contributed by atoms with Gasteiger partial charge in [-0.1, -0.05) is 17.7 Å². The zero-order valence-electron chi connectivity index (χ0n) is 14.5. The molecule has 3 rings (SSSR count). The average Bonchev–Trinajstić information content (AvgIpc) is 2.69. The van der Waals surface area contributed by atoms with Gasteiger partial charge < -0.3 is 10.4 Å². The van der Waals surface area contributed by atoms with E-state index in [1.807, 2.05) is 35.6 Å². The van der Waals surface area contributed by atoms with Gasteiger partial charge in [0.25, 0.3) is 0 Å². The molecule has 0 spiro atoms. The van der Waals surface area contributed by atoms with Crippen LogP contribution in [0.5, 0.6) is 0 Å². The standard InChI is InChI=1S/C18H24ClN3OS/c1-10-9-13(19)5-6-14(10)17-16-12(3)21-22(4)18(16)20-11(2)15(24-17)7-8-23/h5-6,9,11,15,17,20,23H,7-8H2,1-4H3/t11-,15+,17+/m0/s1. The van der Waals surface area contributed by atoms with Gasteiger partial charge in [0.1, 0.15) is 5.82 Å². The van der Waals surface area contributed by atoms with Crippen LogP contribution >= 0.6 is 23.4 Å². The van der Waals surface area contributed by atoms with Gasteiger partial charge in [-0.15, -0.1) is 11.8 Å². The third-order valence-corrected chi connectivity index (χ3v) is 6.68. The molecule has 0 radical (unpaired) electrons.